The molecule has 1 amide bonds. The number of anilines is 2. The van der Waals surface area contributed by atoms with Gasteiger partial charge in [-0.3, -0.25) is 4.79 Å². The molecule has 0 unspecified atom stereocenters. The van der Waals surface area contributed by atoms with Gasteiger partial charge in [0, 0.05) is 36.7 Å². The first kappa shape index (κ1) is 18.5. The van der Waals surface area contributed by atoms with E-state index >= 15 is 0 Å². The van der Waals surface area contributed by atoms with Crippen LogP contribution in [0.25, 0.3) is 0 Å². The summed E-state index contributed by atoms with van der Waals surface area (Å²) in [7, 11) is 1.78. The lowest BCUT2D eigenvalue weighted by Gasteiger charge is -2.34. The SMILES string of the molecule is CN(C(=O)C1CCN(c2ccc(Cl)cn2)CC1)c1ccc(Br)cc1Cl. The number of halogens is 3. The Morgan fingerprint density at radius 1 is 1.24 bits per heavy atom. The smallest absolute Gasteiger partial charge is 0.230 e. The molecule has 3 rings (SSSR count). The third-order valence-electron chi connectivity index (χ3n) is 4.48. The lowest BCUT2D eigenvalue weighted by atomic mass is 9.95. The van der Waals surface area contributed by atoms with Gasteiger partial charge in [-0.05, 0) is 43.2 Å². The second-order valence-electron chi connectivity index (χ2n) is 6.09. The Morgan fingerprint density at radius 3 is 2.56 bits per heavy atom. The maximum Gasteiger partial charge on any atom is 0.230 e. The van der Waals surface area contributed by atoms with Crippen molar-refractivity contribution in [3.63, 3.8) is 0 Å². The third-order valence-corrected chi connectivity index (χ3v) is 5.50. The highest BCUT2D eigenvalue weighted by atomic mass is 79.9. The van der Waals surface area contributed by atoms with Crippen molar-refractivity contribution in [2.24, 2.45) is 5.92 Å². The van der Waals surface area contributed by atoms with Crippen molar-refractivity contribution in [3.8, 4) is 0 Å². The van der Waals surface area contributed by atoms with E-state index in [-0.39, 0.29) is 11.8 Å². The van der Waals surface area contributed by atoms with Gasteiger partial charge in [0.2, 0.25) is 5.91 Å². The van der Waals surface area contributed by atoms with Crippen molar-refractivity contribution in [1.82, 2.24) is 4.98 Å². The molecule has 1 aromatic carbocycles. The van der Waals surface area contributed by atoms with Crippen LogP contribution in [0.3, 0.4) is 0 Å². The number of piperidine rings is 1. The maximum atomic E-state index is 12.8. The molecule has 1 saturated heterocycles. The van der Waals surface area contributed by atoms with Gasteiger partial charge in [-0.1, -0.05) is 39.1 Å². The monoisotopic (exact) mass is 441 g/mol. The average Bonchev–Trinajstić information content (AvgIpc) is 2.61. The van der Waals surface area contributed by atoms with Gasteiger partial charge in [-0.25, -0.2) is 4.98 Å². The van der Waals surface area contributed by atoms with E-state index in [0.717, 1.165) is 41.9 Å². The summed E-state index contributed by atoms with van der Waals surface area (Å²) in [6.07, 6.45) is 3.24. The van der Waals surface area contributed by atoms with Crippen LogP contribution in [0.15, 0.2) is 41.0 Å². The van der Waals surface area contributed by atoms with Gasteiger partial charge in [0.15, 0.2) is 0 Å². The highest BCUT2D eigenvalue weighted by Crippen LogP contribution is 2.31. The molecule has 4 nitrogen and oxygen atoms in total. The standard InChI is InChI=1S/C18H18BrCl2N3O/c1-23(16-4-2-13(19)10-15(16)21)18(25)12-6-8-24(9-7-12)17-5-3-14(20)11-22-17/h2-5,10-12H,6-9H2,1H3. The van der Waals surface area contributed by atoms with Gasteiger partial charge in [0.25, 0.3) is 0 Å². The molecule has 25 heavy (non-hydrogen) atoms. The second kappa shape index (κ2) is 7.94. The summed E-state index contributed by atoms with van der Waals surface area (Å²) in [5.74, 6) is 1.00. The second-order valence-corrected chi connectivity index (χ2v) is 7.85. The first-order valence-corrected chi connectivity index (χ1v) is 9.59. The fourth-order valence-corrected chi connectivity index (χ4v) is 3.97. The number of carbonyl (C=O) groups is 1. The minimum absolute atomic E-state index is 0.00624. The van der Waals surface area contributed by atoms with E-state index < -0.39 is 0 Å². The zero-order valence-electron chi connectivity index (χ0n) is 13.8. The third kappa shape index (κ3) is 4.27. The van der Waals surface area contributed by atoms with Gasteiger partial charge in [-0.15, -0.1) is 0 Å². The minimum atomic E-state index is -0.00624. The molecule has 0 bridgehead atoms. The van der Waals surface area contributed by atoms with Crippen LogP contribution in [0, 0.1) is 5.92 Å². The topological polar surface area (TPSA) is 36.4 Å². The number of hydrogen-bond donors (Lipinski definition) is 0. The minimum Gasteiger partial charge on any atom is -0.357 e. The Kier molecular flexibility index (Phi) is 5.87. The number of carbonyl (C=O) groups excluding carboxylic acids is 1. The van der Waals surface area contributed by atoms with Crippen LogP contribution >= 0.6 is 39.1 Å². The van der Waals surface area contributed by atoms with E-state index in [1.807, 2.05) is 24.3 Å². The Balaban J connectivity index is 1.63. The zero-order chi connectivity index (χ0) is 18.0. The predicted molar refractivity (Wildman–Crippen MR) is 107 cm³/mol. The van der Waals surface area contributed by atoms with Gasteiger partial charge < -0.3 is 9.80 Å². The molecule has 0 radical (unpaired) electrons. The average molecular weight is 443 g/mol. The normalized spacial score (nSPS) is 15.3. The molecule has 0 N–H and O–H groups in total. The van der Waals surface area contributed by atoms with Crippen molar-refractivity contribution in [3.05, 3.63) is 51.0 Å². The van der Waals surface area contributed by atoms with Crippen molar-refractivity contribution in [2.45, 2.75) is 12.8 Å². The van der Waals surface area contributed by atoms with Crippen molar-refractivity contribution in [1.29, 1.82) is 0 Å². The largest absolute Gasteiger partial charge is 0.357 e. The highest BCUT2D eigenvalue weighted by molar-refractivity contribution is 9.10. The van der Waals surface area contributed by atoms with Crippen LogP contribution in [0.2, 0.25) is 10.0 Å². The molecule has 1 fully saturated rings. The molecule has 0 aliphatic carbocycles. The van der Waals surface area contributed by atoms with Crippen LogP contribution in [0.5, 0.6) is 0 Å². The molecular weight excluding hydrogens is 425 g/mol. The summed E-state index contributed by atoms with van der Waals surface area (Å²) in [6, 6.07) is 9.30. The van der Waals surface area contributed by atoms with Crippen LogP contribution in [-0.4, -0.2) is 31.0 Å². The van der Waals surface area contributed by atoms with Crippen molar-refractivity contribution in [2.75, 3.05) is 29.9 Å². The lowest BCUT2D eigenvalue weighted by molar-refractivity contribution is -0.122. The van der Waals surface area contributed by atoms with E-state index in [1.165, 1.54) is 0 Å². The summed E-state index contributed by atoms with van der Waals surface area (Å²) < 4.78 is 0.894. The van der Waals surface area contributed by atoms with E-state index in [4.69, 9.17) is 23.2 Å². The molecule has 1 aliphatic heterocycles. The molecule has 0 spiro atoms. The molecule has 0 saturated carbocycles. The van der Waals surface area contributed by atoms with Gasteiger partial charge in [0.1, 0.15) is 5.82 Å². The highest BCUT2D eigenvalue weighted by Gasteiger charge is 2.28. The number of hydrogen-bond acceptors (Lipinski definition) is 3. The first-order valence-electron chi connectivity index (χ1n) is 8.05. The van der Waals surface area contributed by atoms with Crippen LogP contribution in [0.4, 0.5) is 11.5 Å². The summed E-state index contributed by atoms with van der Waals surface area (Å²) in [5.41, 5.74) is 0.733. The molecular formula is C18H18BrCl2N3O. The first-order chi connectivity index (χ1) is 12.0. The van der Waals surface area contributed by atoms with E-state index in [9.17, 15) is 4.79 Å². The molecule has 1 aliphatic rings. The summed E-state index contributed by atoms with van der Waals surface area (Å²) in [6.45, 7) is 1.60. The number of benzene rings is 1. The molecule has 2 heterocycles. The molecule has 1 aromatic heterocycles. The van der Waals surface area contributed by atoms with E-state index in [1.54, 1.807) is 24.2 Å². The number of rotatable bonds is 3. The predicted octanol–water partition coefficient (Wildman–Crippen LogP) is 5.03. The summed E-state index contributed by atoms with van der Waals surface area (Å²) in [5, 5.41) is 1.19. The Bertz CT molecular complexity index is 761. The fourth-order valence-electron chi connectivity index (χ4n) is 3.06. The number of amides is 1. The molecule has 7 heteroatoms. The lowest BCUT2D eigenvalue weighted by Crippen LogP contribution is -2.41. The fraction of sp³-hybridized carbons (Fsp3) is 0.333. The van der Waals surface area contributed by atoms with Crippen LogP contribution < -0.4 is 9.80 Å². The van der Waals surface area contributed by atoms with Gasteiger partial charge >= 0.3 is 0 Å². The Morgan fingerprint density at radius 2 is 1.96 bits per heavy atom. The zero-order valence-corrected chi connectivity index (χ0v) is 16.9. The van der Waals surface area contributed by atoms with Gasteiger partial charge in [-0.2, -0.15) is 0 Å². The van der Waals surface area contributed by atoms with Crippen LogP contribution in [-0.2, 0) is 4.79 Å². The summed E-state index contributed by atoms with van der Waals surface area (Å²) >= 11 is 15.5. The molecule has 132 valence electrons. The molecule has 0 atom stereocenters. The van der Waals surface area contributed by atoms with Crippen molar-refractivity contribution < 1.29 is 4.79 Å². The molecule has 2 aromatic rings. The van der Waals surface area contributed by atoms with Gasteiger partial charge in [0.05, 0.1) is 15.7 Å². The van der Waals surface area contributed by atoms with E-state index in [2.05, 4.69) is 25.8 Å². The Hall–Kier alpha value is -1.30. The number of nitrogens with zero attached hydrogens (tertiary/aromatic N) is 3. The number of aromatic nitrogens is 1. The maximum absolute atomic E-state index is 12.8. The number of pyridine rings is 1. The van der Waals surface area contributed by atoms with Crippen molar-refractivity contribution >= 4 is 56.5 Å². The summed E-state index contributed by atoms with van der Waals surface area (Å²) in [4.78, 5) is 21.0. The quantitative estimate of drug-likeness (QED) is 0.668. The Labute approximate surface area is 165 Å². The van der Waals surface area contributed by atoms with Crippen LogP contribution in [0.1, 0.15) is 12.8 Å². The van der Waals surface area contributed by atoms with E-state index in [0.29, 0.717) is 10.0 Å².